The smallest absolute Gasteiger partial charge is 0.103 e. The van der Waals surface area contributed by atoms with Crippen molar-refractivity contribution in [3.05, 3.63) is 0 Å². The Morgan fingerprint density at radius 1 is 1.42 bits per heavy atom. The fraction of sp³-hybridized carbons (Fsp3) is 1.00. The van der Waals surface area contributed by atoms with Gasteiger partial charge in [0, 0.05) is 11.4 Å². The molecule has 2 heteroatoms. The molecule has 0 bridgehead atoms. The Bertz CT molecular complexity index is 128. The van der Waals surface area contributed by atoms with Crippen molar-refractivity contribution in [2.45, 2.75) is 56.6 Å². The molecule has 0 radical (unpaired) electrons. The molecule has 12 heavy (non-hydrogen) atoms. The van der Waals surface area contributed by atoms with Gasteiger partial charge in [0.25, 0.3) is 0 Å². The summed E-state index contributed by atoms with van der Waals surface area (Å²) in [4.78, 5) is 0. The average Bonchev–Trinajstić information content (AvgIpc) is 2.06. The van der Waals surface area contributed by atoms with Crippen LogP contribution >= 0.6 is 11.8 Å². The summed E-state index contributed by atoms with van der Waals surface area (Å²) in [7, 11) is 0. The lowest BCUT2D eigenvalue weighted by Crippen LogP contribution is -2.23. The highest BCUT2D eigenvalue weighted by Crippen LogP contribution is 2.35. The molecule has 1 heterocycles. The van der Waals surface area contributed by atoms with E-state index in [1.54, 1.807) is 0 Å². The average molecular weight is 188 g/mol. The minimum atomic E-state index is 0.391. The van der Waals surface area contributed by atoms with Crippen LogP contribution in [0, 0.1) is 0 Å². The lowest BCUT2D eigenvalue weighted by Gasteiger charge is -2.30. The monoisotopic (exact) mass is 188 g/mol. The lowest BCUT2D eigenvalue weighted by molar-refractivity contribution is 0.0719. The summed E-state index contributed by atoms with van der Waals surface area (Å²) in [6.45, 7) is 7.82. The van der Waals surface area contributed by atoms with Gasteiger partial charge >= 0.3 is 0 Å². The first kappa shape index (κ1) is 10.4. The molecule has 1 aliphatic heterocycles. The van der Waals surface area contributed by atoms with Crippen molar-refractivity contribution >= 4 is 11.8 Å². The second-order valence-electron chi connectivity index (χ2n) is 4.03. The van der Waals surface area contributed by atoms with Crippen molar-refractivity contribution < 1.29 is 4.74 Å². The molecule has 1 aliphatic rings. The van der Waals surface area contributed by atoms with Crippen LogP contribution in [0.15, 0.2) is 0 Å². The summed E-state index contributed by atoms with van der Waals surface area (Å²) >= 11 is 2.00. The quantitative estimate of drug-likeness (QED) is 0.671. The Morgan fingerprint density at radius 3 is 2.67 bits per heavy atom. The summed E-state index contributed by atoms with van der Waals surface area (Å²) in [5, 5.41) is 0. The van der Waals surface area contributed by atoms with Crippen molar-refractivity contribution in [1.82, 2.24) is 0 Å². The molecule has 72 valence electrons. The van der Waals surface area contributed by atoms with Crippen molar-refractivity contribution in [3.63, 3.8) is 0 Å². The fourth-order valence-electron chi connectivity index (χ4n) is 1.24. The topological polar surface area (TPSA) is 9.23 Å². The van der Waals surface area contributed by atoms with Gasteiger partial charge in [-0.3, -0.25) is 0 Å². The largest absolute Gasteiger partial charge is 0.368 e. The van der Waals surface area contributed by atoms with Gasteiger partial charge in [0.15, 0.2) is 0 Å². The molecule has 0 aromatic carbocycles. The molecular weight excluding hydrogens is 168 g/mol. The molecule has 0 aromatic rings. The van der Waals surface area contributed by atoms with E-state index in [9.17, 15) is 0 Å². The number of thioether (sulfide) groups is 1. The van der Waals surface area contributed by atoms with Crippen LogP contribution in [-0.2, 0) is 4.74 Å². The van der Waals surface area contributed by atoms with E-state index in [0.29, 0.717) is 10.2 Å². The molecule has 1 rings (SSSR count). The second kappa shape index (κ2) is 4.52. The number of rotatable bonds is 3. The highest BCUT2D eigenvalue weighted by atomic mass is 32.2. The Kier molecular flexibility index (Phi) is 3.91. The van der Waals surface area contributed by atoms with Crippen LogP contribution in [0.2, 0.25) is 0 Å². The van der Waals surface area contributed by atoms with Gasteiger partial charge in [-0.25, -0.2) is 0 Å². The van der Waals surface area contributed by atoms with E-state index in [1.807, 2.05) is 11.8 Å². The van der Waals surface area contributed by atoms with E-state index in [0.717, 1.165) is 6.61 Å². The van der Waals surface area contributed by atoms with Crippen LogP contribution in [0.1, 0.15) is 46.5 Å². The number of hydrogen-bond donors (Lipinski definition) is 0. The van der Waals surface area contributed by atoms with E-state index >= 15 is 0 Å². The first-order valence-electron chi connectivity index (χ1n) is 4.93. The van der Waals surface area contributed by atoms with Gasteiger partial charge in [-0.1, -0.05) is 20.8 Å². The lowest BCUT2D eigenvalue weighted by atomic mass is 10.1. The Balaban J connectivity index is 2.28. The molecule has 0 N–H and O–H groups in total. The van der Waals surface area contributed by atoms with Gasteiger partial charge in [-0.2, -0.15) is 0 Å². The maximum atomic E-state index is 5.68. The Labute approximate surface area is 80.3 Å². The van der Waals surface area contributed by atoms with Crippen molar-refractivity contribution in [1.29, 1.82) is 0 Å². The van der Waals surface area contributed by atoms with Crippen LogP contribution in [0.3, 0.4) is 0 Å². The first-order chi connectivity index (χ1) is 5.64. The minimum absolute atomic E-state index is 0.391. The molecular formula is C10H20OS. The maximum Gasteiger partial charge on any atom is 0.103 e. The summed E-state index contributed by atoms with van der Waals surface area (Å²) in [6.07, 6.45) is 5.06. The molecule has 1 atom stereocenters. The number of hydrogen-bond acceptors (Lipinski definition) is 2. The maximum absolute atomic E-state index is 5.68. The molecule has 1 nitrogen and oxygen atoms in total. The Morgan fingerprint density at radius 2 is 2.17 bits per heavy atom. The molecule has 0 amide bonds. The van der Waals surface area contributed by atoms with E-state index in [1.165, 1.54) is 25.7 Å². The predicted molar refractivity (Wildman–Crippen MR) is 55.6 cm³/mol. The van der Waals surface area contributed by atoms with Crippen LogP contribution in [0.4, 0.5) is 0 Å². The third kappa shape index (κ3) is 3.36. The fourth-order valence-corrected chi connectivity index (χ4v) is 2.57. The summed E-state index contributed by atoms with van der Waals surface area (Å²) in [5.41, 5.74) is 0.466. The van der Waals surface area contributed by atoms with Crippen LogP contribution in [-0.4, -0.2) is 16.8 Å². The predicted octanol–water partition coefficient (Wildman–Crippen LogP) is 3.43. The van der Waals surface area contributed by atoms with Gasteiger partial charge in [-0.05, 0) is 25.7 Å². The SMILES string of the molecule is CCC(C)(C)SC1CCCCO1. The normalized spacial score (nSPS) is 25.8. The summed E-state index contributed by atoms with van der Waals surface area (Å²) in [6, 6.07) is 0. The highest BCUT2D eigenvalue weighted by Gasteiger charge is 2.23. The van der Waals surface area contributed by atoms with Crippen molar-refractivity contribution in [3.8, 4) is 0 Å². The number of ether oxygens (including phenoxy) is 1. The van der Waals surface area contributed by atoms with Gasteiger partial charge in [0.05, 0.1) is 0 Å². The second-order valence-corrected chi connectivity index (χ2v) is 5.89. The molecule has 0 saturated carbocycles. The van der Waals surface area contributed by atoms with Crippen LogP contribution in [0.25, 0.3) is 0 Å². The van der Waals surface area contributed by atoms with E-state index in [4.69, 9.17) is 4.74 Å². The molecule has 0 spiro atoms. The van der Waals surface area contributed by atoms with Crippen molar-refractivity contribution in [2.75, 3.05) is 6.61 Å². The Hall–Kier alpha value is 0.310. The van der Waals surface area contributed by atoms with Crippen molar-refractivity contribution in [2.24, 2.45) is 0 Å². The zero-order valence-corrected chi connectivity index (χ0v) is 9.25. The van der Waals surface area contributed by atoms with Crippen LogP contribution < -0.4 is 0 Å². The standard InChI is InChI=1S/C10H20OS/c1-4-10(2,3)12-9-7-5-6-8-11-9/h9H,4-8H2,1-3H3. The van der Waals surface area contributed by atoms with Gasteiger partial charge in [-0.15, -0.1) is 11.8 Å². The third-order valence-corrected chi connectivity index (χ3v) is 4.00. The van der Waals surface area contributed by atoms with E-state index in [-0.39, 0.29) is 0 Å². The molecule has 0 aliphatic carbocycles. The van der Waals surface area contributed by atoms with Gasteiger partial charge < -0.3 is 4.74 Å². The first-order valence-corrected chi connectivity index (χ1v) is 5.81. The molecule has 1 fully saturated rings. The molecule has 1 saturated heterocycles. The van der Waals surface area contributed by atoms with E-state index < -0.39 is 0 Å². The van der Waals surface area contributed by atoms with Crippen LogP contribution in [0.5, 0.6) is 0 Å². The summed E-state index contributed by atoms with van der Waals surface area (Å²) in [5.74, 6) is 0. The zero-order valence-electron chi connectivity index (χ0n) is 8.43. The molecule has 0 aromatic heterocycles. The third-order valence-electron chi connectivity index (χ3n) is 2.44. The highest BCUT2D eigenvalue weighted by molar-refractivity contribution is 8.01. The summed E-state index contributed by atoms with van der Waals surface area (Å²) < 4.78 is 6.07. The van der Waals surface area contributed by atoms with Gasteiger partial charge in [0.2, 0.25) is 0 Å². The molecule has 1 unspecified atom stereocenters. The minimum Gasteiger partial charge on any atom is -0.368 e. The van der Waals surface area contributed by atoms with Gasteiger partial charge in [0.1, 0.15) is 5.44 Å². The zero-order chi connectivity index (χ0) is 9.03. The van der Waals surface area contributed by atoms with E-state index in [2.05, 4.69) is 20.8 Å².